The number of rotatable bonds is 10. The molecule has 1 N–H and O–H groups in total. The second-order valence-electron chi connectivity index (χ2n) is 6.43. The Hall–Kier alpha value is -3.31. The van der Waals surface area contributed by atoms with E-state index in [-0.39, 0.29) is 5.91 Å². The van der Waals surface area contributed by atoms with Crippen molar-refractivity contribution in [1.82, 2.24) is 0 Å². The highest BCUT2D eigenvalue weighted by molar-refractivity contribution is 6.04. The lowest BCUT2D eigenvalue weighted by atomic mass is 10.2. The zero-order valence-electron chi connectivity index (χ0n) is 16.5. The van der Waals surface area contributed by atoms with Gasteiger partial charge in [-0.2, -0.15) is 0 Å². The Balaban J connectivity index is 1.46. The lowest BCUT2D eigenvalue weighted by Gasteiger charge is -2.09. The molecule has 0 saturated carbocycles. The monoisotopic (exact) mass is 391 g/mol. The fraction of sp³-hybridized carbons (Fsp3) is 0.208. The molecule has 0 aliphatic carbocycles. The molecule has 0 atom stereocenters. The second kappa shape index (κ2) is 10.9. The standard InChI is InChI=1S/C24H25NO4/c1-27-17-18-29-22-11-7-20(8-12-22)24(26)25-21-9-13-23(14-10-21)28-16-15-19-5-3-2-4-6-19/h2-14H,15-18H2,1H3,(H,25,26). The first-order valence-corrected chi connectivity index (χ1v) is 9.54. The van der Waals surface area contributed by atoms with E-state index in [4.69, 9.17) is 14.2 Å². The Bertz CT molecular complexity index is 877. The predicted octanol–water partition coefficient (Wildman–Crippen LogP) is 4.59. The van der Waals surface area contributed by atoms with Crippen molar-refractivity contribution in [3.05, 3.63) is 90.0 Å². The first kappa shape index (κ1) is 20.4. The van der Waals surface area contributed by atoms with E-state index in [1.807, 2.05) is 42.5 Å². The van der Waals surface area contributed by atoms with Crippen molar-refractivity contribution in [2.24, 2.45) is 0 Å². The third-order valence-corrected chi connectivity index (χ3v) is 4.29. The van der Waals surface area contributed by atoms with Crippen LogP contribution in [-0.2, 0) is 11.2 Å². The van der Waals surface area contributed by atoms with Gasteiger partial charge >= 0.3 is 0 Å². The molecule has 3 rings (SSSR count). The summed E-state index contributed by atoms with van der Waals surface area (Å²) in [6, 6.07) is 24.6. The minimum atomic E-state index is -0.175. The number of benzene rings is 3. The maximum atomic E-state index is 12.4. The predicted molar refractivity (Wildman–Crippen MR) is 114 cm³/mol. The van der Waals surface area contributed by atoms with Crippen molar-refractivity contribution >= 4 is 11.6 Å². The number of ether oxygens (including phenoxy) is 3. The van der Waals surface area contributed by atoms with Crippen LogP contribution in [0.5, 0.6) is 11.5 Å². The first-order valence-electron chi connectivity index (χ1n) is 9.54. The molecule has 1 amide bonds. The Morgan fingerprint density at radius 3 is 2.03 bits per heavy atom. The van der Waals surface area contributed by atoms with Crippen LogP contribution in [0.3, 0.4) is 0 Å². The SMILES string of the molecule is COCCOc1ccc(C(=O)Nc2ccc(OCCc3ccccc3)cc2)cc1. The fourth-order valence-corrected chi connectivity index (χ4v) is 2.71. The number of anilines is 1. The number of nitrogens with one attached hydrogen (secondary N) is 1. The minimum absolute atomic E-state index is 0.175. The second-order valence-corrected chi connectivity index (χ2v) is 6.43. The quantitative estimate of drug-likeness (QED) is 0.514. The molecule has 0 aliphatic rings. The Morgan fingerprint density at radius 1 is 0.759 bits per heavy atom. The fourth-order valence-electron chi connectivity index (χ4n) is 2.71. The van der Waals surface area contributed by atoms with E-state index in [9.17, 15) is 4.79 Å². The van der Waals surface area contributed by atoms with E-state index in [0.717, 1.165) is 12.2 Å². The molecule has 0 saturated heterocycles. The van der Waals surface area contributed by atoms with E-state index in [2.05, 4.69) is 17.4 Å². The van der Waals surface area contributed by atoms with Crippen molar-refractivity contribution < 1.29 is 19.0 Å². The molecule has 0 bridgehead atoms. The summed E-state index contributed by atoms with van der Waals surface area (Å²) in [5.41, 5.74) is 2.52. The van der Waals surface area contributed by atoms with Crippen LogP contribution in [0.1, 0.15) is 15.9 Å². The topological polar surface area (TPSA) is 56.8 Å². The van der Waals surface area contributed by atoms with Gasteiger partial charge < -0.3 is 19.5 Å². The van der Waals surface area contributed by atoms with Crippen molar-refractivity contribution in [1.29, 1.82) is 0 Å². The molecule has 0 aromatic heterocycles. The number of methoxy groups -OCH3 is 1. The third kappa shape index (κ3) is 6.66. The molecule has 0 fully saturated rings. The zero-order chi connectivity index (χ0) is 20.3. The van der Waals surface area contributed by atoms with E-state index in [1.54, 1.807) is 31.4 Å². The van der Waals surface area contributed by atoms with Gasteiger partial charge in [0.15, 0.2) is 0 Å². The normalized spacial score (nSPS) is 10.4. The van der Waals surface area contributed by atoms with Crippen LogP contribution in [0.4, 0.5) is 5.69 Å². The average Bonchev–Trinajstić information content (AvgIpc) is 2.76. The van der Waals surface area contributed by atoms with Gasteiger partial charge in [0.2, 0.25) is 0 Å². The highest BCUT2D eigenvalue weighted by Crippen LogP contribution is 2.18. The van der Waals surface area contributed by atoms with Gasteiger partial charge in [-0.3, -0.25) is 4.79 Å². The van der Waals surface area contributed by atoms with Gasteiger partial charge in [0.1, 0.15) is 18.1 Å². The maximum Gasteiger partial charge on any atom is 0.255 e. The molecular formula is C24H25NO4. The summed E-state index contributed by atoms with van der Waals surface area (Å²) >= 11 is 0. The largest absolute Gasteiger partial charge is 0.493 e. The van der Waals surface area contributed by atoms with Gasteiger partial charge in [0, 0.05) is 24.8 Å². The van der Waals surface area contributed by atoms with E-state index in [1.165, 1.54) is 5.56 Å². The molecule has 0 unspecified atom stereocenters. The Morgan fingerprint density at radius 2 is 1.38 bits per heavy atom. The van der Waals surface area contributed by atoms with Crippen LogP contribution in [-0.4, -0.2) is 32.8 Å². The zero-order valence-corrected chi connectivity index (χ0v) is 16.5. The van der Waals surface area contributed by atoms with Gasteiger partial charge in [-0.1, -0.05) is 30.3 Å². The maximum absolute atomic E-state index is 12.4. The van der Waals surface area contributed by atoms with Crippen molar-refractivity contribution in [2.45, 2.75) is 6.42 Å². The lowest BCUT2D eigenvalue weighted by molar-refractivity contribution is 0.102. The van der Waals surface area contributed by atoms with Crippen LogP contribution < -0.4 is 14.8 Å². The highest BCUT2D eigenvalue weighted by atomic mass is 16.5. The van der Waals surface area contributed by atoms with Crippen molar-refractivity contribution in [2.75, 3.05) is 32.2 Å². The molecule has 29 heavy (non-hydrogen) atoms. The third-order valence-electron chi connectivity index (χ3n) is 4.29. The molecule has 0 heterocycles. The van der Waals surface area contributed by atoms with Crippen molar-refractivity contribution in [3.8, 4) is 11.5 Å². The molecule has 3 aromatic rings. The molecule has 0 spiro atoms. The first-order chi connectivity index (χ1) is 14.2. The number of amides is 1. The molecule has 5 heteroatoms. The number of carbonyl (C=O) groups is 1. The molecule has 3 aromatic carbocycles. The van der Waals surface area contributed by atoms with E-state index >= 15 is 0 Å². The van der Waals surface area contributed by atoms with Gasteiger partial charge in [0.25, 0.3) is 5.91 Å². The van der Waals surface area contributed by atoms with Gasteiger partial charge in [0.05, 0.1) is 13.2 Å². The van der Waals surface area contributed by atoms with E-state index < -0.39 is 0 Å². The summed E-state index contributed by atoms with van der Waals surface area (Å²) in [6.07, 6.45) is 0.852. The van der Waals surface area contributed by atoms with Gasteiger partial charge in [-0.05, 0) is 54.1 Å². The summed E-state index contributed by atoms with van der Waals surface area (Å²) in [5.74, 6) is 1.30. The van der Waals surface area contributed by atoms with Gasteiger partial charge in [-0.25, -0.2) is 0 Å². The summed E-state index contributed by atoms with van der Waals surface area (Å²) in [7, 11) is 1.63. The smallest absolute Gasteiger partial charge is 0.255 e. The Labute approximate surface area is 171 Å². The Kier molecular flexibility index (Phi) is 7.66. The van der Waals surface area contributed by atoms with Crippen LogP contribution in [0.2, 0.25) is 0 Å². The number of hydrogen-bond donors (Lipinski definition) is 1. The molecule has 0 aliphatic heterocycles. The number of hydrogen-bond acceptors (Lipinski definition) is 4. The average molecular weight is 391 g/mol. The molecular weight excluding hydrogens is 366 g/mol. The van der Waals surface area contributed by atoms with Crippen LogP contribution in [0.25, 0.3) is 0 Å². The van der Waals surface area contributed by atoms with Gasteiger partial charge in [-0.15, -0.1) is 0 Å². The van der Waals surface area contributed by atoms with Crippen molar-refractivity contribution in [3.63, 3.8) is 0 Å². The molecule has 5 nitrogen and oxygen atoms in total. The summed E-state index contributed by atoms with van der Waals surface area (Å²) < 4.78 is 16.2. The summed E-state index contributed by atoms with van der Waals surface area (Å²) in [4.78, 5) is 12.4. The van der Waals surface area contributed by atoms with Crippen LogP contribution in [0.15, 0.2) is 78.9 Å². The molecule has 150 valence electrons. The van der Waals surface area contributed by atoms with Crippen LogP contribution in [0, 0.1) is 0 Å². The van der Waals surface area contributed by atoms with Crippen LogP contribution >= 0.6 is 0 Å². The highest BCUT2D eigenvalue weighted by Gasteiger charge is 2.07. The summed E-state index contributed by atoms with van der Waals surface area (Å²) in [5, 5.41) is 2.88. The minimum Gasteiger partial charge on any atom is -0.493 e. The van der Waals surface area contributed by atoms with E-state index in [0.29, 0.717) is 36.8 Å². The lowest BCUT2D eigenvalue weighted by Crippen LogP contribution is -2.12. The number of carbonyl (C=O) groups excluding carboxylic acids is 1. The molecule has 0 radical (unpaired) electrons. The summed E-state index contributed by atoms with van der Waals surface area (Å²) in [6.45, 7) is 1.60.